The molecule has 0 bridgehead atoms. The summed E-state index contributed by atoms with van der Waals surface area (Å²) in [5.74, 6) is 0.221. The molecule has 2 heterocycles. The van der Waals surface area contributed by atoms with Crippen LogP contribution in [0.2, 0.25) is 0 Å². The molecule has 9 heteroatoms. The van der Waals surface area contributed by atoms with Gasteiger partial charge in [-0.15, -0.1) is 5.10 Å². The van der Waals surface area contributed by atoms with E-state index in [4.69, 9.17) is 4.74 Å². The molecule has 166 valence electrons. The van der Waals surface area contributed by atoms with Crippen LogP contribution in [0.3, 0.4) is 0 Å². The molecule has 2 amide bonds. The lowest BCUT2D eigenvalue weighted by molar-refractivity contribution is 0.0940. The molecular formula is C23H26N6O3. The van der Waals surface area contributed by atoms with Crippen molar-refractivity contribution >= 4 is 11.8 Å². The van der Waals surface area contributed by atoms with Gasteiger partial charge in [0, 0.05) is 30.4 Å². The van der Waals surface area contributed by atoms with E-state index in [9.17, 15) is 9.59 Å². The van der Waals surface area contributed by atoms with Crippen LogP contribution in [0.25, 0.3) is 5.69 Å². The number of nitrogens with one attached hydrogen (secondary N) is 2. The molecule has 3 aromatic rings. The number of hydrogen-bond acceptors (Lipinski definition) is 6. The first-order valence-electron chi connectivity index (χ1n) is 10.8. The quantitative estimate of drug-likeness (QED) is 0.474. The van der Waals surface area contributed by atoms with Gasteiger partial charge in [-0.25, -0.2) is 9.67 Å². The Hall–Kier alpha value is -3.75. The molecule has 0 spiro atoms. The fraction of sp³-hybridized carbons (Fsp3) is 0.348. The standard InChI is InChI=1S/C23H26N6O3/c1-2-24-22(30)16-8-12-18(13-9-16)29-19(6-5-15-32-20-7-3-4-14-25-20)21(27-28-29)23(31)26-17-10-11-17/h3-4,7-9,12-14,17H,2,5-6,10-11,15H2,1H3,(H,24,30)(H,26,31). The van der Waals surface area contributed by atoms with Crippen LogP contribution in [-0.4, -0.2) is 51.0 Å². The van der Waals surface area contributed by atoms with Crippen molar-refractivity contribution < 1.29 is 14.3 Å². The van der Waals surface area contributed by atoms with Crippen LogP contribution < -0.4 is 15.4 Å². The first-order valence-corrected chi connectivity index (χ1v) is 10.8. The van der Waals surface area contributed by atoms with E-state index in [-0.39, 0.29) is 17.9 Å². The summed E-state index contributed by atoms with van der Waals surface area (Å²) in [6.07, 6.45) is 4.87. The van der Waals surface area contributed by atoms with Gasteiger partial charge in [0.15, 0.2) is 5.69 Å². The second-order valence-electron chi connectivity index (χ2n) is 7.57. The zero-order chi connectivity index (χ0) is 22.3. The first kappa shape index (κ1) is 21.5. The normalized spacial score (nSPS) is 12.9. The third kappa shape index (κ3) is 5.29. The number of carbonyl (C=O) groups is 2. The monoisotopic (exact) mass is 434 g/mol. The topological polar surface area (TPSA) is 111 Å². The number of benzene rings is 1. The zero-order valence-electron chi connectivity index (χ0n) is 18.0. The molecule has 1 aromatic carbocycles. The first-order chi connectivity index (χ1) is 15.7. The number of hydrogen-bond donors (Lipinski definition) is 2. The molecule has 1 aliphatic rings. The Kier molecular flexibility index (Phi) is 6.74. The molecule has 2 aromatic heterocycles. The lowest BCUT2D eigenvalue weighted by atomic mass is 10.1. The van der Waals surface area contributed by atoms with E-state index in [0.717, 1.165) is 18.5 Å². The fourth-order valence-electron chi connectivity index (χ4n) is 3.26. The van der Waals surface area contributed by atoms with Gasteiger partial charge in [-0.05, 0) is 62.9 Å². The molecule has 1 aliphatic carbocycles. The van der Waals surface area contributed by atoms with Crippen LogP contribution in [-0.2, 0) is 6.42 Å². The van der Waals surface area contributed by atoms with Crippen molar-refractivity contribution in [1.82, 2.24) is 30.6 Å². The van der Waals surface area contributed by atoms with Crippen molar-refractivity contribution in [2.24, 2.45) is 0 Å². The summed E-state index contributed by atoms with van der Waals surface area (Å²) in [4.78, 5) is 28.9. The fourth-order valence-corrected chi connectivity index (χ4v) is 3.26. The lowest BCUT2D eigenvalue weighted by Gasteiger charge is -2.10. The van der Waals surface area contributed by atoms with Crippen molar-refractivity contribution in [3.63, 3.8) is 0 Å². The predicted molar refractivity (Wildman–Crippen MR) is 118 cm³/mol. The molecule has 0 unspecified atom stereocenters. The molecule has 0 aliphatic heterocycles. The molecule has 2 N–H and O–H groups in total. The molecule has 32 heavy (non-hydrogen) atoms. The van der Waals surface area contributed by atoms with E-state index < -0.39 is 0 Å². The van der Waals surface area contributed by atoms with Gasteiger partial charge in [0.2, 0.25) is 5.88 Å². The van der Waals surface area contributed by atoms with Gasteiger partial charge in [-0.3, -0.25) is 9.59 Å². The molecule has 0 saturated heterocycles. The maximum atomic E-state index is 12.7. The minimum absolute atomic E-state index is 0.131. The Bertz CT molecular complexity index is 1060. The summed E-state index contributed by atoms with van der Waals surface area (Å²) in [6.45, 7) is 2.88. The summed E-state index contributed by atoms with van der Waals surface area (Å²) in [7, 11) is 0. The van der Waals surface area contributed by atoms with Crippen LogP contribution in [0.4, 0.5) is 0 Å². The van der Waals surface area contributed by atoms with Gasteiger partial charge in [0.1, 0.15) is 0 Å². The van der Waals surface area contributed by atoms with E-state index in [1.807, 2.05) is 19.1 Å². The lowest BCUT2D eigenvalue weighted by Crippen LogP contribution is -2.27. The molecule has 4 rings (SSSR count). The summed E-state index contributed by atoms with van der Waals surface area (Å²) in [5.41, 5.74) is 2.32. The maximum absolute atomic E-state index is 12.7. The minimum atomic E-state index is -0.210. The third-order valence-corrected chi connectivity index (χ3v) is 5.05. The predicted octanol–water partition coefficient (Wildman–Crippen LogP) is 2.32. The number of ether oxygens (including phenoxy) is 1. The number of rotatable bonds is 10. The second kappa shape index (κ2) is 10.0. The maximum Gasteiger partial charge on any atom is 0.273 e. The van der Waals surface area contributed by atoms with E-state index in [1.165, 1.54) is 0 Å². The molecule has 0 radical (unpaired) electrons. The molecule has 1 saturated carbocycles. The van der Waals surface area contributed by atoms with E-state index in [2.05, 4.69) is 25.9 Å². The smallest absolute Gasteiger partial charge is 0.273 e. The Morgan fingerprint density at radius 3 is 2.62 bits per heavy atom. The second-order valence-corrected chi connectivity index (χ2v) is 7.57. The summed E-state index contributed by atoms with van der Waals surface area (Å²) < 4.78 is 7.34. The summed E-state index contributed by atoms with van der Waals surface area (Å²) in [6, 6.07) is 12.8. The van der Waals surface area contributed by atoms with Gasteiger partial charge in [-0.1, -0.05) is 11.3 Å². The van der Waals surface area contributed by atoms with Crippen LogP contribution in [0.5, 0.6) is 5.88 Å². The highest BCUT2D eigenvalue weighted by atomic mass is 16.5. The highest BCUT2D eigenvalue weighted by molar-refractivity contribution is 5.94. The Labute approximate surface area is 186 Å². The van der Waals surface area contributed by atoms with Gasteiger partial charge < -0.3 is 15.4 Å². The van der Waals surface area contributed by atoms with E-state index >= 15 is 0 Å². The van der Waals surface area contributed by atoms with Crippen LogP contribution in [0, 0.1) is 0 Å². The molecule has 1 fully saturated rings. The van der Waals surface area contributed by atoms with Crippen LogP contribution >= 0.6 is 0 Å². The minimum Gasteiger partial charge on any atom is -0.478 e. The van der Waals surface area contributed by atoms with Gasteiger partial charge in [0.25, 0.3) is 11.8 Å². The van der Waals surface area contributed by atoms with Gasteiger partial charge in [-0.2, -0.15) is 0 Å². The highest BCUT2D eigenvalue weighted by Gasteiger charge is 2.27. The summed E-state index contributed by atoms with van der Waals surface area (Å²) >= 11 is 0. The number of carbonyl (C=O) groups excluding carboxylic acids is 2. The average molecular weight is 435 g/mol. The number of amides is 2. The Morgan fingerprint density at radius 1 is 1.12 bits per heavy atom. The number of pyridine rings is 1. The SMILES string of the molecule is CCNC(=O)c1ccc(-n2nnc(C(=O)NC3CC3)c2CCCOc2ccccn2)cc1. The Morgan fingerprint density at radius 2 is 1.94 bits per heavy atom. The largest absolute Gasteiger partial charge is 0.478 e. The highest BCUT2D eigenvalue weighted by Crippen LogP contribution is 2.21. The van der Waals surface area contributed by atoms with Crippen molar-refractivity contribution in [1.29, 1.82) is 0 Å². The van der Waals surface area contributed by atoms with Crippen molar-refractivity contribution in [3.05, 3.63) is 65.6 Å². The number of aromatic nitrogens is 4. The summed E-state index contributed by atoms with van der Waals surface area (Å²) in [5, 5.41) is 14.2. The third-order valence-electron chi connectivity index (χ3n) is 5.05. The number of nitrogens with zero attached hydrogens (tertiary/aromatic N) is 4. The zero-order valence-corrected chi connectivity index (χ0v) is 18.0. The van der Waals surface area contributed by atoms with Crippen LogP contribution in [0.1, 0.15) is 52.7 Å². The van der Waals surface area contributed by atoms with Crippen molar-refractivity contribution in [3.8, 4) is 11.6 Å². The van der Waals surface area contributed by atoms with Crippen molar-refractivity contribution in [2.45, 2.75) is 38.6 Å². The molecule has 0 atom stereocenters. The van der Waals surface area contributed by atoms with E-state index in [1.54, 1.807) is 41.2 Å². The van der Waals surface area contributed by atoms with Crippen molar-refractivity contribution in [2.75, 3.05) is 13.2 Å². The molecule has 9 nitrogen and oxygen atoms in total. The Balaban J connectivity index is 1.51. The van der Waals surface area contributed by atoms with Gasteiger partial charge >= 0.3 is 0 Å². The average Bonchev–Trinajstić information content (AvgIpc) is 3.53. The van der Waals surface area contributed by atoms with Gasteiger partial charge in [0.05, 0.1) is 18.0 Å². The van der Waals surface area contributed by atoms with E-state index in [0.29, 0.717) is 48.8 Å². The molecular weight excluding hydrogens is 408 g/mol. The van der Waals surface area contributed by atoms with Crippen LogP contribution in [0.15, 0.2) is 48.7 Å².